The van der Waals surface area contributed by atoms with E-state index in [4.69, 9.17) is 11.5 Å². The highest BCUT2D eigenvalue weighted by Gasteiger charge is 2.07. The maximum absolute atomic E-state index is 6.00. The van der Waals surface area contributed by atoms with Crippen molar-refractivity contribution in [2.75, 3.05) is 6.54 Å². The molecule has 1 atom stereocenters. The normalized spacial score (nSPS) is 11.9. The third-order valence-electron chi connectivity index (χ3n) is 2.02. The van der Waals surface area contributed by atoms with E-state index in [1.807, 2.05) is 24.3 Å². The summed E-state index contributed by atoms with van der Waals surface area (Å²) < 4.78 is 1.08. The molecule has 80 valence electrons. The van der Waals surface area contributed by atoms with Crippen LogP contribution in [0.4, 0.5) is 0 Å². The average Bonchev–Trinajstić information content (AvgIpc) is 2.15. The van der Waals surface area contributed by atoms with Gasteiger partial charge in [0.2, 0.25) is 0 Å². The SMILES string of the molecule is Cl.NCCC[C@@H](N)c1ccccc1Br. The summed E-state index contributed by atoms with van der Waals surface area (Å²) in [7, 11) is 0. The number of nitrogens with two attached hydrogens (primary N) is 2. The first-order valence-corrected chi connectivity index (χ1v) is 5.25. The molecule has 0 fully saturated rings. The Labute approximate surface area is 99.6 Å². The minimum Gasteiger partial charge on any atom is -0.330 e. The van der Waals surface area contributed by atoms with Crippen LogP contribution in [-0.2, 0) is 0 Å². The van der Waals surface area contributed by atoms with Crippen LogP contribution in [0.3, 0.4) is 0 Å². The Morgan fingerprint density at radius 1 is 1.29 bits per heavy atom. The van der Waals surface area contributed by atoms with Crippen LogP contribution in [-0.4, -0.2) is 6.54 Å². The Hall–Kier alpha value is -0.0900. The molecule has 0 heterocycles. The van der Waals surface area contributed by atoms with Gasteiger partial charge in [0.15, 0.2) is 0 Å². The molecule has 0 saturated carbocycles. The van der Waals surface area contributed by atoms with E-state index < -0.39 is 0 Å². The van der Waals surface area contributed by atoms with Crippen molar-refractivity contribution in [2.45, 2.75) is 18.9 Å². The Balaban J connectivity index is 0.00000169. The fourth-order valence-corrected chi connectivity index (χ4v) is 1.85. The van der Waals surface area contributed by atoms with Crippen LogP contribution < -0.4 is 11.5 Å². The van der Waals surface area contributed by atoms with E-state index in [2.05, 4.69) is 15.9 Å². The lowest BCUT2D eigenvalue weighted by atomic mass is 10.0. The first kappa shape index (κ1) is 13.9. The lowest BCUT2D eigenvalue weighted by molar-refractivity contribution is 0.616. The minimum absolute atomic E-state index is 0. The number of benzene rings is 1. The Morgan fingerprint density at radius 3 is 2.50 bits per heavy atom. The van der Waals surface area contributed by atoms with Crippen molar-refractivity contribution in [2.24, 2.45) is 11.5 Å². The third kappa shape index (κ3) is 3.96. The predicted molar refractivity (Wildman–Crippen MR) is 66.6 cm³/mol. The molecule has 1 rings (SSSR count). The lowest BCUT2D eigenvalue weighted by Crippen LogP contribution is -2.12. The first-order valence-electron chi connectivity index (χ1n) is 4.45. The van der Waals surface area contributed by atoms with E-state index in [0.717, 1.165) is 22.9 Å². The van der Waals surface area contributed by atoms with Gasteiger partial charge < -0.3 is 11.5 Å². The van der Waals surface area contributed by atoms with Crippen LogP contribution in [0.15, 0.2) is 28.7 Å². The summed E-state index contributed by atoms with van der Waals surface area (Å²) in [4.78, 5) is 0. The van der Waals surface area contributed by atoms with Crippen molar-refractivity contribution in [3.05, 3.63) is 34.3 Å². The zero-order chi connectivity index (χ0) is 9.68. The summed E-state index contributed by atoms with van der Waals surface area (Å²) in [5, 5.41) is 0. The second-order valence-electron chi connectivity index (χ2n) is 3.06. The molecule has 0 amide bonds. The Bertz CT molecular complexity index is 268. The second kappa shape index (κ2) is 7.23. The Morgan fingerprint density at radius 2 is 1.93 bits per heavy atom. The predicted octanol–water partition coefficient (Wildman–Crippen LogP) is 2.61. The molecule has 0 radical (unpaired) electrons. The molecule has 1 aromatic carbocycles. The van der Waals surface area contributed by atoms with E-state index in [1.54, 1.807) is 0 Å². The zero-order valence-corrected chi connectivity index (χ0v) is 10.4. The molecule has 0 unspecified atom stereocenters. The van der Waals surface area contributed by atoms with Crippen LogP contribution in [0.1, 0.15) is 24.4 Å². The van der Waals surface area contributed by atoms with E-state index in [1.165, 1.54) is 0 Å². The molecule has 0 saturated heterocycles. The first-order chi connectivity index (χ1) is 6.25. The Kier molecular flexibility index (Phi) is 7.19. The summed E-state index contributed by atoms with van der Waals surface area (Å²) in [6.45, 7) is 0.707. The van der Waals surface area contributed by atoms with Gasteiger partial charge in [0.1, 0.15) is 0 Å². The molecule has 0 aromatic heterocycles. The summed E-state index contributed by atoms with van der Waals surface area (Å²) in [6, 6.07) is 8.15. The lowest BCUT2D eigenvalue weighted by Gasteiger charge is -2.12. The third-order valence-corrected chi connectivity index (χ3v) is 2.75. The summed E-state index contributed by atoms with van der Waals surface area (Å²) >= 11 is 3.48. The molecule has 14 heavy (non-hydrogen) atoms. The van der Waals surface area contributed by atoms with Gasteiger partial charge in [-0.1, -0.05) is 34.1 Å². The highest BCUT2D eigenvalue weighted by atomic mass is 79.9. The van der Waals surface area contributed by atoms with Crippen molar-refractivity contribution in [1.82, 2.24) is 0 Å². The number of hydrogen-bond donors (Lipinski definition) is 2. The van der Waals surface area contributed by atoms with Gasteiger partial charge >= 0.3 is 0 Å². The van der Waals surface area contributed by atoms with Crippen molar-refractivity contribution < 1.29 is 0 Å². The molecular weight excluding hydrogens is 263 g/mol. The number of rotatable bonds is 4. The fraction of sp³-hybridized carbons (Fsp3) is 0.400. The van der Waals surface area contributed by atoms with Gasteiger partial charge in [-0.05, 0) is 31.0 Å². The maximum Gasteiger partial charge on any atom is 0.0306 e. The van der Waals surface area contributed by atoms with Crippen molar-refractivity contribution in [3.63, 3.8) is 0 Å². The second-order valence-corrected chi connectivity index (χ2v) is 3.91. The van der Waals surface area contributed by atoms with Gasteiger partial charge in [0.25, 0.3) is 0 Å². The standard InChI is InChI=1S/C10H15BrN2.ClH/c11-9-5-2-1-4-8(9)10(13)6-3-7-12;/h1-2,4-5,10H,3,6-7,12-13H2;1H/t10-;/m1./s1. The van der Waals surface area contributed by atoms with Gasteiger partial charge in [0.05, 0.1) is 0 Å². The quantitative estimate of drug-likeness (QED) is 0.890. The zero-order valence-electron chi connectivity index (χ0n) is 7.95. The summed E-state index contributed by atoms with van der Waals surface area (Å²) in [6.07, 6.45) is 1.92. The smallest absolute Gasteiger partial charge is 0.0306 e. The van der Waals surface area contributed by atoms with E-state index in [9.17, 15) is 0 Å². The fourth-order valence-electron chi connectivity index (χ4n) is 1.27. The van der Waals surface area contributed by atoms with Crippen LogP contribution in [0.5, 0.6) is 0 Å². The maximum atomic E-state index is 6.00. The summed E-state index contributed by atoms with van der Waals surface area (Å²) in [5.41, 5.74) is 12.6. The molecule has 1 aromatic rings. The van der Waals surface area contributed by atoms with Gasteiger partial charge in [0, 0.05) is 10.5 Å². The van der Waals surface area contributed by atoms with E-state index in [-0.39, 0.29) is 18.4 Å². The average molecular weight is 280 g/mol. The van der Waals surface area contributed by atoms with E-state index >= 15 is 0 Å². The molecule has 4 N–H and O–H groups in total. The molecule has 0 aliphatic carbocycles. The molecule has 2 nitrogen and oxygen atoms in total. The molecular formula is C10H16BrClN2. The van der Waals surface area contributed by atoms with Crippen LogP contribution in [0.25, 0.3) is 0 Å². The molecule has 4 heteroatoms. The van der Waals surface area contributed by atoms with Gasteiger partial charge in [-0.2, -0.15) is 0 Å². The van der Waals surface area contributed by atoms with Gasteiger partial charge in [-0.25, -0.2) is 0 Å². The van der Waals surface area contributed by atoms with E-state index in [0.29, 0.717) is 6.54 Å². The van der Waals surface area contributed by atoms with Crippen molar-refractivity contribution in [1.29, 1.82) is 0 Å². The monoisotopic (exact) mass is 278 g/mol. The highest BCUT2D eigenvalue weighted by molar-refractivity contribution is 9.10. The number of hydrogen-bond acceptors (Lipinski definition) is 2. The molecule has 0 spiro atoms. The van der Waals surface area contributed by atoms with Crippen molar-refractivity contribution in [3.8, 4) is 0 Å². The summed E-state index contributed by atoms with van der Waals surface area (Å²) in [5.74, 6) is 0. The minimum atomic E-state index is 0. The topological polar surface area (TPSA) is 52.0 Å². The number of halogens is 2. The van der Waals surface area contributed by atoms with Crippen LogP contribution in [0, 0.1) is 0 Å². The largest absolute Gasteiger partial charge is 0.330 e. The highest BCUT2D eigenvalue weighted by Crippen LogP contribution is 2.23. The van der Waals surface area contributed by atoms with Crippen molar-refractivity contribution >= 4 is 28.3 Å². The molecule has 0 aliphatic heterocycles. The van der Waals surface area contributed by atoms with Crippen LogP contribution >= 0.6 is 28.3 Å². The van der Waals surface area contributed by atoms with Gasteiger partial charge in [-0.3, -0.25) is 0 Å². The van der Waals surface area contributed by atoms with Crippen LogP contribution in [0.2, 0.25) is 0 Å². The molecule has 0 bridgehead atoms. The van der Waals surface area contributed by atoms with Gasteiger partial charge in [-0.15, -0.1) is 12.4 Å². The molecule has 0 aliphatic rings.